The first-order chi connectivity index (χ1) is 10.3. The number of nitrogens with one attached hydrogen (secondary N) is 1. The highest BCUT2D eigenvalue weighted by molar-refractivity contribution is 5.43. The van der Waals surface area contributed by atoms with Crippen molar-refractivity contribution in [3.05, 3.63) is 59.7 Å². The molecular weight excluding hydrogens is 262 g/mol. The molecule has 0 aromatic heterocycles. The van der Waals surface area contributed by atoms with Gasteiger partial charge in [0.25, 0.3) is 0 Å². The van der Waals surface area contributed by atoms with E-state index in [2.05, 4.69) is 36.5 Å². The van der Waals surface area contributed by atoms with Gasteiger partial charge in [0.15, 0.2) is 11.5 Å². The van der Waals surface area contributed by atoms with Crippen LogP contribution in [0.25, 0.3) is 0 Å². The molecule has 0 atom stereocenters. The molecule has 3 nitrogen and oxygen atoms in total. The normalized spacial score (nSPS) is 10.4. The predicted molar refractivity (Wildman–Crippen MR) is 86.0 cm³/mol. The van der Waals surface area contributed by atoms with Crippen molar-refractivity contribution in [3.8, 4) is 11.5 Å². The summed E-state index contributed by atoms with van der Waals surface area (Å²) in [6.45, 7) is 4.63. The number of ether oxygens (including phenoxy) is 2. The molecule has 0 aliphatic carbocycles. The van der Waals surface area contributed by atoms with E-state index >= 15 is 0 Å². The second-order valence-electron chi connectivity index (χ2n) is 4.86. The molecule has 0 fully saturated rings. The topological polar surface area (TPSA) is 30.5 Å². The van der Waals surface area contributed by atoms with E-state index in [9.17, 15) is 0 Å². The molecule has 112 valence electrons. The molecule has 0 unspecified atom stereocenters. The lowest BCUT2D eigenvalue weighted by atomic mass is 10.1. The molecule has 0 amide bonds. The average Bonchev–Trinajstić information content (AvgIpc) is 2.54. The van der Waals surface area contributed by atoms with Crippen LogP contribution >= 0.6 is 0 Å². The highest BCUT2D eigenvalue weighted by Gasteiger charge is 2.06. The van der Waals surface area contributed by atoms with Crippen LogP contribution in [0.4, 0.5) is 0 Å². The SMILES string of the molecule is CCNCCc1ccc(OCc2ccccc2)c(OC)c1. The lowest BCUT2D eigenvalue weighted by Gasteiger charge is -2.12. The van der Waals surface area contributed by atoms with Crippen molar-refractivity contribution < 1.29 is 9.47 Å². The van der Waals surface area contributed by atoms with Crippen LogP contribution in [-0.2, 0) is 13.0 Å². The fourth-order valence-electron chi connectivity index (χ4n) is 2.13. The monoisotopic (exact) mass is 285 g/mol. The van der Waals surface area contributed by atoms with Crippen molar-refractivity contribution in [2.45, 2.75) is 20.0 Å². The molecule has 2 rings (SSSR count). The molecule has 0 bridgehead atoms. The summed E-state index contributed by atoms with van der Waals surface area (Å²) < 4.78 is 11.3. The van der Waals surface area contributed by atoms with E-state index in [0.29, 0.717) is 6.61 Å². The Balaban J connectivity index is 1.99. The summed E-state index contributed by atoms with van der Waals surface area (Å²) in [5, 5.41) is 3.32. The zero-order valence-corrected chi connectivity index (χ0v) is 12.8. The first-order valence-corrected chi connectivity index (χ1v) is 7.38. The number of benzene rings is 2. The van der Waals surface area contributed by atoms with Crippen molar-refractivity contribution in [2.75, 3.05) is 20.2 Å². The fourth-order valence-corrected chi connectivity index (χ4v) is 2.13. The Bertz CT molecular complexity index is 540. The number of hydrogen-bond acceptors (Lipinski definition) is 3. The molecule has 0 aliphatic heterocycles. The molecule has 0 saturated carbocycles. The van der Waals surface area contributed by atoms with E-state index in [1.165, 1.54) is 5.56 Å². The van der Waals surface area contributed by atoms with Crippen molar-refractivity contribution in [3.63, 3.8) is 0 Å². The molecule has 2 aromatic rings. The zero-order chi connectivity index (χ0) is 14.9. The van der Waals surface area contributed by atoms with E-state index in [4.69, 9.17) is 9.47 Å². The summed E-state index contributed by atoms with van der Waals surface area (Å²) in [7, 11) is 1.68. The van der Waals surface area contributed by atoms with Crippen LogP contribution in [0.2, 0.25) is 0 Å². The molecule has 0 heterocycles. The van der Waals surface area contributed by atoms with Crippen LogP contribution in [-0.4, -0.2) is 20.2 Å². The van der Waals surface area contributed by atoms with Crippen LogP contribution in [0.1, 0.15) is 18.1 Å². The third kappa shape index (κ3) is 4.80. The molecule has 21 heavy (non-hydrogen) atoms. The van der Waals surface area contributed by atoms with E-state index < -0.39 is 0 Å². The maximum absolute atomic E-state index is 5.85. The van der Waals surface area contributed by atoms with Gasteiger partial charge in [0.05, 0.1) is 7.11 Å². The minimum absolute atomic E-state index is 0.550. The summed E-state index contributed by atoms with van der Waals surface area (Å²) in [4.78, 5) is 0. The molecular formula is C18H23NO2. The quantitative estimate of drug-likeness (QED) is 0.754. The van der Waals surface area contributed by atoms with Gasteiger partial charge in [0, 0.05) is 0 Å². The minimum atomic E-state index is 0.550. The Morgan fingerprint density at radius 1 is 0.952 bits per heavy atom. The zero-order valence-electron chi connectivity index (χ0n) is 12.8. The van der Waals surface area contributed by atoms with Gasteiger partial charge >= 0.3 is 0 Å². The summed E-state index contributed by atoms with van der Waals surface area (Å²) in [6.07, 6.45) is 0.989. The van der Waals surface area contributed by atoms with Crippen molar-refractivity contribution in [1.29, 1.82) is 0 Å². The number of methoxy groups -OCH3 is 1. The highest BCUT2D eigenvalue weighted by atomic mass is 16.5. The molecule has 3 heteroatoms. The third-order valence-electron chi connectivity index (χ3n) is 3.31. The van der Waals surface area contributed by atoms with Crippen LogP contribution < -0.4 is 14.8 Å². The molecule has 2 aromatic carbocycles. The Kier molecular flexibility index (Phi) is 6.10. The Morgan fingerprint density at radius 3 is 2.48 bits per heavy atom. The minimum Gasteiger partial charge on any atom is -0.493 e. The van der Waals surface area contributed by atoms with Gasteiger partial charge in [-0.05, 0) is 42.8 Å². The fraction of sp³-hybridized carbons (Fsp3) is 0.333. The highest BCUT2D eigenvalue weighted by Crippen LogP contribution is 2.28. The molecule has 0 aliphatic rings. The predicted octanol–water partition coefficient (Wildman–Crippen LogP) is 3.43. The van der Waals surface area contributed by atoms with Crippen molar-refractivity contribution >= 4 is 0 Å². The summed E-state index contributed by atoms with van der Waals surface area (Å²) in [6, 6.07) is 16.3. The van der Waals surface area contributed by atoms with E-state index in [-0.39, 0.29) is 0 Å². The molecule has 0 spiro atoms. The van der Waals surface area contributed by atoms with Crippen LogP contribution in [0.3, 0.4) is 0 Å². The molecule has 0 radical (unpaired) electrons. The summed E-state index contributed by atoms with van der Waals surface area (Å²) in [5.41, 5.74) is 2.40. The van der Waals surface area contributed by atoms with Gasteiger partial charge in [0.1, 0.15) is 6.61 Å². The van der Waals surface area contributed by atoms with Gasteiger partial charge in [-0.1, -0.05) is 43.3 Å². The molecule has 0 saturated heterocycles. The Hall–Kier alpha value is -2.00. The Morgan fingerprint density at radius 2 is 1.76 bits per heavy atom. The van der Waals surface area contributed by atoms with Gasteiger partial charge < -0.3 is 14.8 Å². The largest absolute Gasteiger partial charge is 0.493 e. The third-order valence-corrected chi connectivity index (χ3v) is 3.31. The second kappa shape index (κ2) is 8.32. The number of likely N-dealkylation sites (N-methyl/N-ethyl adjacent to an activating group) is 1. The van der Waals surface area contributed by atoms with Gasteiger partial charge in [0.2, 0.25) is 0 Å². The van der Waals surface area contributed by atoms with Gasteiger partial charge in [-0.3, -0.25) is 0 Å². The number of rotatable bonds is 8. The van der Waals surface area contributed by atoms with Crippen LogP contribution in [0, 0.1) is 0 Å². The van der Waals surface area contributed by atoms with Gasteiger partial charge in [-0.25, -0.2) is 0 Å². The molecule has 1 N–H and O–H groups in total. The average molecular weight is 285 g/mol. The second-order valence-corrected chi connectivity index (χ2v) is 4.86. The lowest BCUT2D eigenvalue weighted by Crippen LogP contribution is -2.16. The van der Waals surface area contributed by atoms with Crippen molar-refractivity contribution in [2.24, 2.45) is 0 Å². The van der Waals surface area contributed by atoms with E-state index in [1.807, 2.05) is 24.3 Å². The van der Waals surface area contributed by atoms with Gasteiger partial charge in [-0.2, -0.15) is 0 Å². The first-order valence-electron chi connectivity index (χ1n) is 7.38. The standard InChI is InChI=1S/C18H23NO2/c1-3-19-12-11-15-9-10-17(18(13-15)20-2)21-14-16-7-5-4-6-8-16/h4-10,13,19H,3,11-12,14H2,1-2H3. The van der Waals surface area contributed by atoms with Gasteiger partial charge in [-0.15, -0.1) is 0 Å². The maximum atomic E-state index is 5.85. The lowest BCUT2D eigenvalue weighted by molar-refractivity contribution is 0.284. The first kappa shape index (κ1) is 15.4. The summed E-state index contributed by atoms with van der Waals surface area (Å²) in [5.74, 6) is 1.58. The van der Waals surface area contributed by atoms with Crippen LogP contribution in [0.15, 0.2) is 48.5 Å². The van der Waals surface area contributed by atoms with E-state index in [1.54, 1.807) is 7.11 Å². The smallest absolute Gasteiger partial charge is 0.161 e. The Labute approximate surface area is 126 Å². The van der Waals surface area contributed by atoms with Crippen LogP contribution in [0.5, 0.6) is 11.5 Å². The van der Waals surface area contributed by atoms with E-state index in [0.717, 1.165) is 36.6 Å². The number of hydrogen-bond donors (Lipinski definition) is 1. The summed E-state index contributed by atoms with van der Waals surface area (Å²) >= 11 is 0. The van der Waals surface area contributed by atoms with Crippen molar-refractivity contribution in [1.82, 2.24) is 5.32 Å². The maximum Gasteiger partial charge on any atom is 0.161 e.